The third-order valence-corrected chi connectivity index (χ3v) is 7.88. The minimum absolute atomic E-state index is 0.317. The summed E-state index contributed by atoms with van der Waals surface area (Å²) in [7, 11) is -1.57. The van der Waals surface area contributed by atoms with Crippen molar-refractivity contribution < 1.29 is 8.42 Å². The zero-order valence-corrected chi connectivity index (χ0v) is 20.8. The SMILES string of the molecule is Cc1cc(C)cc(NC(=S)N/N=C/c2cn(C)c3ccc(S(=O)(=O)N4CCCCC4)cc23)c1. The predicted octanol–water partition coefficient (Wildman–Crippen LogP) is 4.29. The molecule has 2 N–H and O–H groups in total. The van der Waals surface area contributed by atoms with E-state index in [1.54, 1.807) is 22.7 Å². The first kappa shape index (κ1) is 23.4. The van der Waals surface area contributed by atoms with Gasteiger partial charge in [-0.2, -0.15) is 9.41 Å². The van der Waals surface area contributed by atoms with Crippen LogP contribution in [0.5, 0.6) is 0 Å². The summed E-state index contributed by atoms with van der Waals surface area (Å²) < 4.78 is 29.8. The summed E-state index contributed by atoms with van der Waals surface area (Å²) in [5.41, 5.74) is 7.79. The van der Waals surface area contributed by atoms with Gasteiger partial charge >= 0.3 is 0 Å². The molecule has 0 radical (unpaired) electrons. The Labute approximate surface area is 200 Å². The molecule has 9 heteroatoms. The number of fused-ring (bicyclic) bond motifs is 1. The van der Waals surface area contributed by atoms with E-state index < -0.39 is 10.0 Å². The van der Waals surface area contributed by atoms with E-state index in [0.717, 1.165) is 52.5 Å². The van der Waals surface area contributed by atoms with Gasteiger partial charge in [0, 0.05) is 48.5 Å². The quantitative estimate of drug-likeness (QED) is 0.322. The van der Waals surface area contributed by atoms with Crippen LogP contribution in [0.4, 0.5) is 5.69 Å². The molecule has 1 aliphatic heterocycles. The number of benzene rings is 2. The van der Waals surface area contributed by atoms with Crippen LogP contribution >= 0.6 is 12.2 Å². The molecule has 1 fully saturated rings. The number of aryl methyl sites for hydroxylation is 3. The van der Waals surface area contributed by atoms with E-state index in [2.05, 4.69) is 21.9 Å². The summed E-state index contributed by atoms with van der Waals surface area (Å²) in [5.74, 6) is 0. The minimum atomic E-state index is -3.50. The normalized spacial score (nSPS) is 15.2. The maximum atomic E-state index is 13.1. The highest BCUT2D eigenvalue weighted by molar-refractivity contribution is 7.89. The molecule has 0 saturated carbocycles. The summed E-state index contributed by atoms with van der Waals surface area (Å²) in [6.45, 7) is 5.23. The number of anilines is 1. The fourth-order valence-corrected chi connectivity index (χ4v) is 6.00. The predicted molar refractivity (Wildman–Crippen MR) is 138 cm³/mol. The van der Waals surface area contributed by atoms with Crippen LogP contribution in [0.3, 0.4) is 0 Å². The monoisotopic (exact) mass is 483 g/mol. The van der Waals surface area contributed by atoms with Crippen LogP contribution in [0, 0.1) is 13.8 Å². The Morgan fingerprint density at radius 3 is 2.45 bits per heavy atom. The first-order valence-corrected chi connectivity index (χ1v) is 12.9. The number of hydrogen-bond acceptors (Lipinski definition) is 4. The van der Waals surface area contributed by atoms with E-state index in [1.807, 2.05) is 49.9 Å². The van der Waals surface area contributed by atoms with Gasteiger partial charge in [-0.25, -0.2) is 8.42 Å². The number of piperidine rings is 1. The van der Waals surface area contributed by atoms with Crippen LogP contribution < -0.4 is 10.7 Å². The fourth-order valence-electron chi connectivity index (χ4n) is 4.29. The van der Waals surface area contributed by atoms with Crippen molar-refractivity contribution in [1.82, 2.24) is 14.3 Å². The zero-order chi connectivity index (χ0) is 23.6. The van der Waals surface area contributed by atoms with Gasteiger partial charge in [-0.05, 0) is 80.4 Å². The lowest BCUT2D eigenvalue weighted by molar-refractivity contribution is 0.346. The van der Waals surface area contributed by atoms with Crippen molar-refractivity contribution in [2.75, 3.05) is 18.4 Å². The van der Waals surface area contributed by atoms with Gasteiger partial charge in [-0.15, -0.1) is 0 Å². The summed E-state index contributed by atoms with van der Waals surface area (Å²) in [6, 6.07) is 11.4. The van der Waals surface area contributed by atoms with Crippen molar-refractivity contribution in [2.45, 2.75) is 38.0 Å². The van der Waals surface area contributed by atoms with Gasteiger partial charge in [0.2, 0.25) is 10.0 Å². The number of thiocarbonyl (C=S) groups is 1. The Bertz CT molecular complexity index is 1300. The van der Waals surface area contributed by atoms with Gasteiger partial charge < -0.3 is 9.88 Å². The summed E-state index contributed by atoms with van der Waals surface area (Å²) in [6.07, 6.45) is 6.49. The number of rotatable bonds is 5. The van der Waals surface area contributed by atoms with Crippen LogP contribution in [0.15, 0.2) is 52.6 Å². The van der Waals surface area contributed by atoms with Crippen LogP contribution in [-0.2, 0) is 17.1 Å². The molecular formula is C24H29N5O2S2. The first-order chi connectivity index (χ1) is 15.7. The Morgan fingerprint density at radius 1 is 1.06 bits per heavy atom. The largest absolute Gasteiger partial charge is 0.350 e. The minimum Gasteiger partial charge on any atom is -0.350 e. The average molecular weight is 484 g/mol. The fraction of sp³-hybridized carbons (Fsp3) is 0.333. The molecule has 0 unspecified atom stereocenters. The maximum Gasteiger partial charge on any atom is 0.243 e. The van der Waals surface area contributed by atoms with Crippen LogP contribution in [-0.4, -0.2) is 41.7 Å². The number of sulfonamides is 1. The zero-order valence-electron chi connectivity index (χ0n) is 19.1. The topological polar surface area (TPSA) is 78.7 Å². The molecule has 174 valence electrons. The van der Waals surface area contributed by atoms with Gasteiger partial charge in [-0.3, -0.25) is 5.43 Å². The molecule has 2 aromatic carbocycles. The van der Waals surface area contributed by atoms with Gasteiger partial charge in [0.15, 0.2) is 5.11 Å². The highest BCUT2D eigenvalue weighted by Crippen LogP contribution is 2.26. The summed E-state index contributed by atoms with van der Waals surface area (Å²) in [5, 5.41) is 8.62. The molecule has 7 nitrogen and oxygen atoms in total. The van der Waals surface area contributed by atoms with E-state index in [1.165, 1.54) is 0 Å². The van der Waals surface area contributed by atoms with Crippen LogP contribution in [0.25, 0.3) is 10.9 Å². The number of aromatic nitrogens is 1. The Morgan fingerprint density at radius 2 is 1.76 bits per heavy atom. The summed E-state index contributed by atoms with van der Waals surface area (Å²) in [4.78, 5) is 0.317. The second kappa shape index (κ2) is 9.62. The van der Waals surface area contributed by atoms with E-state index in [4.69, 9.17) is 12.2 Å². The van der Waals surface area contributed by atoms with Crippen molar-refractivity contribution in [1.29, 1.82) is 0 Å². The molecule has 0 amide bonds. The average Bonchev–Trinajstić information content (AvgIpc) is 3.08. The second-order valence-electron chi connectivity index (χ2n) is 8.54. The lowest BCUT2D eigenvalue weighted by Crippen LogP contribution is -2.35. The Hall–Kier alpha value is -2.75. The van der Waals surface area contributed by atoms with Crippen LogP contribution in [0.2, 0.25) is 0 Å². The smallest absolute Gasteiger partial charge is 0.243 e. The van der Waals surface area contributed by atoms with Gasteiger partial charge in [0.05, 0.1) is 11.1 Å². The lowest BCUT2D eigenvalue weighted by Gasteiger charge is -2.25. The van der Waals surface area contributed by atoms with Gasteiger partial charge in [0.1, 0.15) is 0 Å². The molecule has 3 aromatic rings. The Balaban J connectivity index is 1.53. The lowest BCUT2D eigenvalue weighted by atomic mass is 10.1. The number of nitrogens with one attached hydrogen (secondary N) is 2. The number of nitrogens with zero attached hydrogens (tertiary/aromatic N) is 3. The molecule has 33 heavy (non-hydrogen) atoms. The third-order valence-electron chi connectivity index (χ3n) is 5.79. The second-order valence-corrected chi connectivity index (χ2v) is 10.9. The molecule has 0 atom stereocenters. The molecular weight excluding hydrogens is 454 g/mol. The highest BCUT2D eigenvalue weighted by Gasteiger charge is 2.26. The van der Waals surface area contributed by atoms with E-state index in [9.17, 15) is 8.42 Å². The Kier molecular flexibility index (Phi) is 6.83. The van der Waals surface area contributed by atoms with Crippen molar-refractivity contribution >= 4 is 50.2 Å². The molecule has 2 heterocycles. The molecule has 1 saturated heterocycles. The van der Waals surface area contributed by atoms with Gasteiger partial charge in [-0.1, -0.05) is 12.5 Å². The molecule has 1 aromatic heterocycles. The van der Waals surface area contributed by atoms with Crippen LogP contribution in [0.1, 0.15) is 36.0 Å². The maximum absolute atomic E-state index is 13.1. The van der Waals surface area contributed by atoms with Gasteiger partial charge in [0.25, 0.3) is 0 Å². The number of hydrazone groups is 1. The molecule has 0 spiro atoms. The van der Waals surface area contributed by atoms with E-state index in [0.29, 0.717) is 23.1 Å². The van der Waals surface area contributed by atoms with Crippen molar-refractivity contribution in [2.24, 2.45) is 12.1 Å². The standard InChI is InChI=1S/C24H29N5O2S2/c1-17-11-18(2)13-20(12-17)26-24(32)27-25-15-19-16-28(3)23-8-7-21(14-22(19)23)33(30,31)29-9-5-4-6-10-29/h7-8,11-16H,4-6,9-10H2,1-3H3,(H2,26,27,32)/b25-15+. The van der Waals surface area contributed by atoms with Crippen molar-refractivity contribution in [3.05, 3.63) is 59.3 Å². The van der Waals surface area contributed by atoms with Crippen molar-refractivity contribution in [3.8, 4) is 0 Å². The third kappa shape index (κ3) is 5.26. The molecule has 0 aliphatic carbocycles. The first-order valence-electron chi connectivity index (χ1n) is 11.0. The molecule has 1 aliphatic rings. The molecule has 0 bridgehead atoms. The molecule has 4 rings (SSSR count). The number of hydrogen-bond donors (Lipinski definition) is 2. The van der Waals surface area contributed by atoms with Crippen molar-refractivity contribution in [3.63, 3.8) is 0 Å². The summed E-state index contributed by atoms with van der Waals surface area (Å²) >= 11 is 5.35. The van der Waals surface area contributed by atoms with E-state index in [-0.39, 0.29) is 0 Å². The van der Waals surface area contributed by atoms with E-state index >= 15 is 0 Å². The highest BCUT2D eigenvalue weighted by atomic mass is 32.2.